The summed E-state index contributed by atoms with van der Waals surface area (Å²) in [4.78, 5) is 31.3. The Balaban J connectivity index is 0.000000251. The molecule has 244 valence electrons. The predicted molar refractivity (Wildman–Crippen MR) is 171 cm³/mol. The minimum atomic E-state index is -1.19. The second-order valence-corrected chi connectivity index (χ2v) is 10.9. The van der Waals surface area contributed by atoms with Crippen molar-refractivity contribution >= 4 is 56.9 Å². The smallest absolute Gasteiger partial charge is 0.870 e. The van der Waals surface area contributed by atoms with Crippen LogP contribution in [-0.4, -0.2) is 58.7 Å². The van der Waals surface area contributed by atoms with E-state index in [1.807, 2.05) is 42.5 Å². The average Bonchev–Trinajstić information content (AvgIpc) is 3.65. The molecule has 0 amide bonds. The van der Waals surface area contributed by atoms with Crippen LogP contribution in [0.5, 0.6) is 0 Å². The number of ether oxygens (including phenoxy) is 1. The summed E-state index contributed by atoms with van der Waals surface area (Å²) in [5.74, 6) is -1.75. The summed E-state index contributed by atoms with van der Waals surface area (Å²) >= 11 is 11.9. The number of hydrogen-bond acceptors (Lipinski definition) is 8. The maximum Gasteiger partial charge on any atom is 1.00 e. The molecule has 16 heteroatoms. The van der Waals surface area contributed by atoms with Crippen LogP contribution >= 0.6 is 23.2 Å². The molecular formula is C32H27Cl2F2N6NaO5. The van der Waals surface area contributed by atoms with Crippen molar-refractivity contribution in [2.45, 2.75) is 33.4 Å². The second kappa shape index (κ2) is 17.4. The second-order valence-electron chi connectivity index (χ2n) is 10.0. The number of rotatable bonds is 9. The van der Waals surface area contributed by atoms with Crippen molar-refractivity contribution in [3.63, 3.8) is 0 Å². The summed E-state index contributed by atoms with van der Waals surface area (Å²) in [6, 6.07) is 15.0. The molecule has 48 heavy (non-hydrogen) atoms. The molecule has 0 aliphatic rings. The maximum atomic E-state index is 13.1. The Morgan fingerprint density at radius 2 is 1.25 bits per heavy atom. The van der Waals surface area contributed by atoms with Gasteiger partial charge in [0.15, 0.2) is 0 Å². The van der Waals surface area contributed by atoms with Crippen LogP contribution < -0.4 is 29.6 Å². The van der Waals surface area contributed by atoms with Crippen molar-refractivity contribution in [3.8, 4) is 0 Å². The number of aromatic carboxylic acids is 1. The van der Waals surface area contributed by atoms with Gasteiger partial charge in [-0.3, -0.25) is 19.3 Å². The zero-order valence-electron chi connectivity index (χ0n) is 25.8. The first-order chi connectivity index (χ1) is 22.2. The van der Waals surface area contributed by atoms with Crippen LogP contribution in [0, 0.1) is 0 Å². The van der Waals surface area contributed by atoms with Gasteiger partial charge in [-0.15, -0.1) is 0 Å². The molecule has 0 bridgehead atoms. The van der Waals surface area contributed by atoms with Crippen LogP contribution in [0.2, 0.25) is 10.0 Å². The number of carboxylic acids is 1. The van der Waals surface area contributed by atoms with Crippen molar-refractivity contribution in [1.29, 1.82) is 0 Å². The number of alkyl halides is 2. The molecule has 6 rings (SSSR count). The number of carbonyl (C=O) groups is 2. The van der Waals surface area contributed by atoms with E-state index in [9.17, 15) is 18.4 Å². The number of hydrogen-bond donors (Lipinski definition) is 1. The van der Waals surface area contributed by atoms with E-state index in [2.05, 4.69) is 20.2 Å². The van der Waals surface area contributed by atoms with Gasteiger partial charge in [-0.25, -0.2) is 18.4 Å². The molecule has 0 radical (unpaired) electrons. The number of esters is 1. The number of benzene rings is 2. The topological polar surface area (TPSA) is 155 Å². The molecule has 4 aromatic heterocycles. The minimum absolute atomic E-state index is 0. The van der Waals surface area contributed by atoms with Gasteiger partial charge in [0, 0.05) is 35.6 Å². The number of aromatic nitrogens is 6. The summed E-state index contributed by atoms with van der Waals surface area (Å²) in [7, 11) is 0. The van der Waals surface area contributed by atoms with Gasteiger partial charge in [-0.05, 0) is 54.4 Å². The number of fused-ring (bicyclic) bond motifs is 2. The monoisotopic (exact) mass is 706 g/mol. The normalized spacial score (nSPS) is 10.5. The third-order valence-electron chi connectivity index (χ3n) is 6.77. The first kappa shape index (κ1) is 38.5. The van der Waals surface area contributed by atoms with Gasteiger partial charge in [0.05, 0.1) is 40.8 Å². The Bertz CT molecular complexity index is 2060. The summed E-state index contributed by atoms with van der Waals surface area (Å²) < 4.78 is 33.7. The molecular weight excluding hydrogens is 680 g/mol. The summed E-state index contributed by atoms with van der Waals surface area (Å²) in [6.07, 6.45) is 6.00. The van der Waals surface area contributed by atoms with E-state index in [1.165, 1.54) is 21.8 Å². The minimum Gasteiger partial charge on any atom is -0.870 e. The Morgan fingerprint density at radius 1 is 0.792 bits per heavy atom. The Kier molecular flexibility index (Phi) is 14.0. The number of halogens is 4. The van der Waals surface area contributed by atoms with Crippen LogP contribution in [0.1, 0.15) is 50.2 Å². The largest absolute Gasteiger partial charge is 1.00 e. The summed E-state index contributed by atoms with van der Waals surface area (Å²) in [5.41, 5.74) is 3.52. The molecule has 0 aliphatic carbocycles. The van der Waals surface area contributed by atoms with Crippen molar-refractivity contribution < 1.29 is 63.2 Å². The number of carbonyl (C=O) groups excluding carboxylic acids is 1. The van der Waals surface area contributed by atoms with Gasteiger partial charge in [-0.2, -0.15) is 10.2 Å². The van der Waals surface area contributed by atoms with Crippen molar-refractivity contribution in [1.82, 2.24) is 29.5 Å². The zero-order chi connectivity index (χ0) is 32.8. The van der Waals surface area contributed by atoms with Crippen LogP contribution in [0.15, 0.2) is 73.3 Å². The van der Waals surface area contributed by atoms with Crippen molar-refractivity contribution in [3.05, 3.63) is 117 Å². The van der Waals surface area contributed by atoms with Gasteiger partial charge >= 0.3 is 41.5 Å². The molecule has 0 saturated heterocycles. The van der Waals surface area contributed by atoms with Crippen LogP contribution in [0.4, 0.5) is 8.78 Å². The van der Waals surface area contributed by atoms with Crippen molar-refractivity contribution in [2.75, 3.05) is 6.61 Å². The fourth-order valence-electron chi connectivity index (χ4n) is 4.72. The number of carboxylic acid groups (broad SMARTS) is 1. The Labute approximate surface area is 305 Å². The molecule has 0 aliphatic heterocycles. The van der Waals surface area contributed by atoms with Gasteiger partial charge < -0.3 is 15.3 Å². The Hall–Kier alpha value is -3.98. The first-order valence-electron chi connectivity index (χ1n) is 13.9. The summed E-state index contributed by atoms with van der Waals surface area (Å²) in [6.45, 7) is 0.932. The Morgan fingerprint density at radius 3 is 1.67 bits per heavy atom. The predicted octanol–water partition coefficient (Wildman–Crippen LogP) is 3.91. The number of pyridine rings is 2. The van der Waals surface area contributed by atoms with Crippen LogP contribution in [0.25, 0.3) is 21.8 Å². The van der Waals surface area contributed by atoms with Gasteiger partial charge in [0.2, 0.25) is 0 Å². The molecule has 11 nitrogen and oxygen atoms in total. The van der Waals surface area contributed by atoms with E-state index in [0.29, 0.717) is 23.1 Å². The molecule has 4 heterocycles. The third kappa shape index (κ3) is 9.34. The van der Waals surface area contributed by atoms with Crippen molar-refractivity contribution in [2.24, 2.45) is 0 Å². The third-order valence-corrected chi connectivity index (χ3v) is 7.18. The fourth-order valence-corrected chi connectivity index (χ4v) is 5.05. The number of nitrogens with zero attached hydrogens (tertiary/aromatic N) is 6. The quantitative estimate of drug-likeness (QED) is 0.174. The van der Waals surface area contributed by atoms with Gasteiger partial charge in [-0.1, -0.05) is 35.3 Å². The standard InChI is InChI=1S/C17H15ClFN3O2.C15H11ClFN3O2.Na.H2O/c1-2-24-17(23)14-10-22(21-16(14)7-19)9-11-3-4-15-12(5-11)6-13(18)8-20-15;16-11-4-10-3-9(1-2-13(10)18-6-11)7-20-8-12(15(21)22)14(5-17)19-20;;/h3-6,8,10H,2,7,9H2,1H3;1-4,6,8H,5,7H2,(H,21,22);;1H2/q;;+1;/p-1. The van der Waals surface area contributed by atoms with Gasteiger partial charge in [0.25, 0.3) is 0 Å². The molecule has 0 fully saturated rings. The van der Waals surface area contributed by atoms with Crippen LogP contribution in [0.3, 0.4) is 0 Å². The average molecular weight is 707 g/mol. The van der Waals surface area contributed by atoms with Crippen LogP contribution in [-0.2, 0) is 31.2 Å². The molecule has 0 unspecified atom stereocenters. The SMILES string of the molecule is CCOC(=O)c1cn(Cc2ccc3ncc(Cl)cc3c2)nc1CF.O=C(O)c1cn(Cc2ccc3ncc(Cl)cc3c2)nc1CF.[Na+].[OH-]. The van der Waals surface area contributed by atoms with E-state index >= 15 is 0 Å². The van der Waals surface area contributed by atoms with E-state index in [0.717, 1.165) is 32.9 Å². The molecule has 0 saturated carbocycles. The van der Waals surface area contributed by atoms with Gasteiger partial charge in [0.1, 0.15) is 35.9 Å². The molecule has 0 spiro atoms. The molecule has 6 aromatic rings. The van der Waals surface area contributed by atoms with E-state index in [1.54, 1.807) is 25.4 Å². The molecule has 2 aromatic carbocycles. The first-order valence-corrected chi connectivity index (χ1v) is 14.7. The zero-order valence-corrected chi connectivity index (χ0v) is 29.3. The van der Waals surface area contributed by atoms with E-state index in [-0.39, 0.29) is 64.2 Å². The summed E-state index contributed by atoms with van der Waals surface area (Å²) in [5, 5.41) is 20.0. The molecule has 2 N–H and O–H groups in total. The fraction of sp³-hybridized carbons (Fsp3) is 0.188. The van der Waals surface area contributed by atoms with E-state index in [4.69, 9.17) is 33.0 Å². The van der Waals surface area contributed by atoms with E-state index < -0.39 is 25.3 Å². The maximum absolute atomic E-state index is 13.1. The molecule has 0 atom stereocenters.